The van der Waals surface area contributed by atoms with Crippen LogP contribution in [0.1, 0.15) is 34.1 Å². The molecule has 0 N–H and O–H groups in total. The van der Waals surface area contributed by atoms with Gasteiger partial charge in [0.25, 0.3) is 0 Å². The number of hydrogen-bond donors (Lipinski definition) is 0. The Kier molecular flexibility index (Phi) is 11.5. The molecule has 0 atom stereocenters. The summed E-state index contributed by atoms with van der Waals surface area (Å²) in [6.45, 7) is 7.81. The van der Waals surface area contributed by atoms with Gasteiger partial charge < -0.3 is 4.79 Å². The first kappa shape index (κ1) is 13.7. The summed E-state index contributed by atoms with van der Waals surface area (Å²) in [7, 11) is 0. The Morgan fingerprint density at radius 1 is 1.25 bits per heavy atom. The average molecular weight is 170 g/mol. The summed E-state index contributed by atoms with van der Waals surface area (Å²) in [5.74, 6) is 0.530. The van der Waals surface area contributed by atoms with Crippen LogP contribution in [0.2, 0.25) is 0 Å². The van der Waals surface area contributed by atoms with Gasteiger partial charge in [-0.15, -0.1) is 0 Å². The Balaban J connectivity index is 0. The second-order valence-corrected chi connectivity index (χ2v) is 3.18. The van der Waals surface area contributed by atoms with E-state index in [9.17, 15) is 9.59 Å². The molecule has 0 radical (unpaired) electrons. The Morgan fingerprint density at radius 2 is 1.75 bits per heavy atom. The third kappa shape index (κ3) is 23.0. The lowest BCUT2D eigenvalue weighted by Gasteiger charge is -1.89. The maximum absolute atomic E-state index is 9.62. The molecule has 2 nitrogen and oxygen atoms in total. The van der Waals surface area contributed by atoms with Crippen molar-refractivity contribution in [1.29, 1.82) is 0 Å². The van der Waals surface area contributed by atoms with Gasteiger partial charge in [0.05, 0.1) is 0 Å². The second-order valence-electron chi connectivity index (χ2n) is 3.18. The molecule has 0 aliphatic rings. The highest BCUT2D eigenvalue weighted by Crippen LogP contribution is 1.92. The van der Waals surface area contributed by atoms with Gasteiger partial charge in [0.2, 0.25) is 0 Å². The molecule has 0 aromatic rings. The van der Waals surface area contributed by atoms with Crippen LogP contribution < -0.4 is 0 Å². The number of allylic oxidation sites excluding steroid dienone is 2. The maximum Gasteiger partial charge on any atom is 0.142 e. The van der Waals surface area contributed by atoms with Crippen molar-refractivity contribution in [3.63, 3.8) is 0 Å². The van der Waals surface area contributed by atoms with E-state index in [1.807, 2.05) is 27.7 Å². The SMILES string of the molecule is CC(C)=CC=O.CC(C)CC=O. The number of aldehydes is 2. The molecule has 0 aliphatic heterocycles. The van der Waals surface area contributed by atoms with Gasteiger partial charge in [-0.2, -0.15) is 0 Å². The van der Waals surface area contributed by atoms with Crippen LogP contribution in [0.15, 0.2) is 11.6 Å². The molecule has 0 heterocycles. The summed E-state index contributed by atoms with van der Waals surface area (Å²) in [5, 5.41) is 0. The Bertz CT molecular complexity index is 142. The van der Waals surface area contributed by atoms with Gasteiger partial charge >= 0.3 is 0 Å². The summed E-state index contributed by atoms with van der Waals surface area (Å²) in [6, 6.07) is 0. The monoisotopic (exact) mass is 170 g/mol. The maximum atomic E-state index is 9.62. The minimum absolute atomic E-state index is 0.530. The van der Waals surface area contributed by atoms with E-state index in [1.54, 1.807) is 0 Å². The van der Waals surface area contributed by atoms with Crippen molar-refractivity contribution in [2.45, 2.75) is 34.1 Å². The normalized spacial score (nSPS) is 8.08. The number of rotatable bonds is 3. The topological polar surface area (TPSA) is 34.1 Å². The number of carbonyl (C=O) groups is 2. The molecule has 0 rings (SSSR count). The van der Waals surface area contributed by atoms with Crippen LogP contribution in [0.25, 0.3) is 0 Å². The van der Waals surface area contributed by atoms with Gasteiger partial charge in [0.1, 0.15) is 12.6 Å². The summed E-state index contributed by atoms with van der Waals surface area (Å²) >= 11 is 0. The molecule has 0 saturated heterocycles. The molecule has 0 spiro atoms. The standard InChI is InChI=1S/C5H10O.C5H8O/c2*1-5(2)3-4-6/h4-5H,3H2,1-2H3;3-4H,1-2H3. The third-order valence-corrected chi connectivity index (χ3v) is 0.969. The molecule has 0 unspecified atom stereocenters. The van der Waals surface area contributed by atoms with E-state index in [-0.39, 0.29) is 0 Å². The van der Waals surface area contributed by atoms with Gasteiger partial charge in [0, 0.05) is 6.42 Å². The molecule has 0 bridgehead atoms. The van der Waals surface area contributed by atoms with Crippen molar-refractivity contribution in [2.75, 3.05) is 0 Å². The fourth-order valence-corrected chi connectivity index (χ4v) is 0.329. The Labute approximate surface area is 74.7 Å². The van der Waals surface area contributed by atoms with Crippen LogP contribution in [0.4, 0.5) is 0 Å². The van der Waals surface area contributed by atoms with E-state index in [0.29, 0.717) is 12.3 Å². The van der Waals surface area contributed by atoms with Gasteiger partial charge in [-0.05, 0) is 25.8 Å². The van der Waals surface area contributed by atoms with Crippen LogP contribution in [0.3, 0.4) is 0 Å². The lowest BCUT2D eigenvalue weighted by Crippen LogP contribution is -1.84. The molecule has 0 fully saturated rings. The highest BCUT2D eigenvalue weighted by Gasteiger charge is 1.85. The van der Waals surface area contributed by atoms with Crippen molar-refractivity contribution >= 4 is 12.6 Å². The molecule has 0 saturated carbocycles. The van der Waals surface area contributed by atoms with E-state index in [4.69, 9.17) is 0 Å². The summed E-state index contributed by atoms with van der Waals surface area (Å²) < 4.78 is 0. The molecular formula is C10H18O2. The highest BCUT2D eigenvalue weighted by atomic mass is 16.1. The lowest BCUT2D eigenvalue weighted by atomic mass is 10.2. The zero-order valence-electron chi connectivity index (χ0n) is 8.33. The van der Waals surface area contributed by atoms with E-state index >= 15 is 0 Å². The minimum atomic E-state index is 0.530. The van der Waals surface area contributed by atoms with Crippen LogP contribution in [-0.2, 0) is 9.59 Å². The van der Waals surface area contributed by atoms with E-state index in [0.717, 1.165) is 18.1 Å². The fourth-order valence-electron chi connectivity index (χ4n) is 0.329. The van der Waals surface area contributed by atoms with Gasteiger partial charge in [-0.25, -0.2) is 0 Å². The first-order chi connectivity index (χ1) is 5.54. The third-order valence-electron chi connectivity index (χ3n) is 0.969. The van der Waals surface area contributed by atoms with E-state index in [2.05, 4.69) is 0 Å². The molecule has 0 aliphatic carbocycles. The van der Waals surface area contributed by atoms with Crippen molar-refractivity contribution in [1.82, 2.24) is 0 Å². The van der Waals surface area contributed by atoms with Crippen molar-refractivity contribution in [2.24, 2.45) is 5.92 Å². The molecule has 0 amide bonds. The molecular weight excluding hydrogens is 152 g/mol. The molecule has 0 aromatic heterocycles. The summed E-state index contributed by atoms with van der Waals surface area (Å²) in [5.41, 5.74) is 1.05. The number of carbonyl (C=O) groups excluding carboxylic acids is 2. The van der Waals surface area contributed by atoms with E-state index < -0.39 is 0 Å². The second kappa shape index (κ2) is 10.1. The van der Waals surface area contributed by atoms with Crippen LogP contribution in [0, 0.1) is 5.92 Å². The predicted molar refractivity (Wildman–Crippen MR) is 51.0 cm³/mol. The van der Waals surface area contributed by atoms with Crippen LogP contribution in [0.5, 0.6) is 0 Å². The van der Waals surface area contributed by atoms with Crippen LogP contribution in [-0.4, -0.2) is 12.6 Å². The fraction of sp³-hybridized carbons (Fsp3) is 0.600. The molecule has 0 aromatic carbocycles. The summed E-state index contributed by atoms with van der Waals surface area (Å²) in [6.07, 6.45) is 3.96. The minimum Gasteiger partial charge on any atom is -0.303 e. The molecule has 2 heteroatoms. The number of hydrogen-bond acceptors (Lipinski definition) is 2. The average Bonchev–Trinajstić information content (AvgIpc) is 1.87. The van der Waals surface area contributed by atoms with Crippen molar-refractivity contribution in [3.8, 4) is 0 Å². The Hall–Kier alpha value is -0.920. The highest BCUT2D eigenvalue weighted by molar-refractivity contribution is 5.65. The molecule has 70 valence electrons. The smallest absolute Gasteiger partial charge is 0.142 e. The van der Waals surface area contributed by atoms with Crippen molar-refractivity contribution in [3.05, 3.63) is 11.6 Å². The predicted octanol–water partition coefficient (Wildman–Crippen LogP) is 2.38. The first-order valence-corrected chi connectivity index (χ1v) is 4.06. The quantitative estimate of drug-likeness (QED) is 0.481. The zero-order valence-corrected chi connectivity index (χ0v) is 8.33. The summed E-state index contributed by atoms with van der Waals surface area (Å²) in [4.78, 5) is 19.2. The van der Waals surface area contributed by atoms with Gasteiger partial charge in [-0.1, -0.05) is 19.4 Å². The van der Waals surface area contributed by atoms with Gasteiger partial charge in [-0.3, -0.25) is 4.79 Å². The zero-order chi connectivity index (χ0) is 9.98. The van der Waals surface area contributed by atoms with Crippen LogP contribution >= 0.6 is 0 Å². The van der Waals surface area contributed by atoms with E-state index in [1.165, 1.54) is 6.08 Å². The first-order valence-electron chi connectivity index (χ1n) is 4.06. The lowest BCUT2D eigenvalue weighted by molar-refractivity contribution is -0.108. The Morgan fingerprint density at radius 3 is 1.75 bits per heavy atom. The van der Waals surface area contributed by atoms with Gasteiger partial charge in [0.15, 0.2) is 0 Å². The molecule has 12 heavy (non-hydrogen) atoms. The van der Waals surface area contributed by atoms with Crippen molar-refractivity contribution < 1.29 is 9.59 Å². The largest absolute Gasteiger partial charge is 0.303 e.